The highest BCUT2D eigenvalue weighted by molar-refractivity contribution is 7.93. The Morgan fingerprint density at radius 3 is 2.60 bits per heavy atom. The standard InChI is InChI=1S/C18H16N2O3S2/c19-17(21)16-14-6-3-7-15(14)24-18(16)20-25(22,23)13-9-8-11-4-1-2-5-12(11)10-13/h1-2,4-5,8-10,20H,3,6-7H2,(H2,19,21). The Hall–Kier alpha value is -2.38. The average Bonchev–Trinajstić information content (AvgIpc) is 3.14. The predicted molar refractivity (Wildman–Crippen MR) is 99.6 cm³/mol. The molecule has 0 unspecified atom stereocenters. The van der Waals surface area contributed by atoms with Gasteiger partial charge in [-0.1, -0.05) is 30.3 Å². The van der Waals surface area contributed by atoms with Crippen molar-refractivity contribution in [2.45, 2.75) is 24.2 Å². The molecule has 5 nitrogen and oxygen atoms in total. The van der Waals surface area contributed by atoms with Crippen LogP contribution >= 0.6 is 11.3 Å². The number of fused-ring (bicyclic) bond motifs is 2. The summed E-state index contributed by atoms with van der Waals surface area (Å²) >= 11 is 1.31. The number of hydrogen-bond acceptors (Lipinski definition) is 4. The van der Waals surface area contributed by atoms with Gasteiger partial charge in [0.2, 0.25) is 0 Å². The summed E-state index contributed by atoms with van der Waals surface area (Å²) in [6, 6.07) is 12.5. The first-order chi connectivity index (χ1) is 12.0. The van der Waals surface area contributed by atoms with Gasteiger partial charge in [0.25, 0.3) is 15.9 Å². The van der Waals surface area contributed by atoms with Crippen molar-refractivity contribution in [3.05, 3.63) is 58.5 Å². The van der Waals surface area contributed by atoms with Crippen LogP contribution < -0.4 is 10.5 Å². The fourth-order valence-electron chi connectivity index (χ4n) is 3.25. The van der Waals surface area contributed by atoms with Crippen LogP contribution in [0, 0.1) is 0 Å². The summed E-state index contributed by atoms with van der Waals surface area (Å²) in [7, 11) is -3.80. The highest BCUT2D eigenvalue weighted by Crippen LogP contribution is 2.39. The third kappa shape index (κ3) is 2.79. The van der Waals surface area contributed by atoms with Gasteiger partial charge in [0, 0.05) is 4.88 Å². The van der Waals surface area contributed by atoms with Crippen molar-refractivity contribution in [3.8, 4) is 0 Å². The summed E-state index contributed by atoms with van der Waals surface area (Å²) in [5.41, 5.74) is 6.72. The van der Waals surface area contributed by atoms with Crippen LogP contribution in [0.25, 0.3) is 10.8 Å². The zero-order valence-corrected chi connectivity index (χ0v) is 14.9. The lowest BCUT2D eigenvalue weighted by Gasteiger charge is -2.09. The SMILES string of the molecule is NC(=O)c1c(NS(=O)(=O)c2ccc3ccccc3c2)sc2c1CCC2. The van der Waals surface area contributed by atoms with Crippen LogP contribution in [-0.2, 0) is 22.9 Å². The lowest BCUT2D eigenvalue weighted by Crippen LogP contribution is -2.18. The fourth-order valence-corrected chi connectivity index (χ4v) is 5.89. The normalized spacial score (nSPS) is 13.8. The highest BCUT2D eigenvalue weighted by Gasteiger charge is 2.28. The predicted octanol–water partition coefficient (Wildman–Crippen LogP) is 3.29. The van der Waals surface area contributed by atoms with E-state index in [1.54, 1.807) is 18.2 Å². The number of aryl methyl sites for hydroxylation is 1. The Morgan fingerprint density at radius 2 is 1.84 bits per heavy atom. The summed E-state index contributed by atoms with van der Waals surface area (Å²) in [6.45, 7) is 0. The molecule has 1 amide bonds. The van der Waals surface area contributed by atoms with Crippen LogP contribution in [0.1, 0.15) is 27.2 Å². The Morgan fingerprint density at radius 1 is 1.08 bits per heavy atom. The molecule has 0 aliphatic heterocycles. The first kappa shape index (κ1) is 16.1. The maximum Gasteiger partial charge on any atom is 0.262 e. The molecule has 1 aliphatic carbocycles. The van der Waals surface area contributed by atoms with E-state index >= 15 is 0 Å². The third-order valence-corrected chi connectivity index (χ3v) is 7.11. The highest BCUT2D eigenvalue weighted by atomic mass is 32.2. The van der Waals surface area contributed by atoms with Gasteiger partial charge in [-0.15, -0.1) is 11.3 Å². The van der Waals surface area contributed by atoms with Crippen LogP contribution in [0.15, 0.2) is 47.4 Å². The summed E-state index contributed by atoms with van der Waals surface area (Å²) in [5.74, 6) is -0.587. The number of nitrogens with one attached hydrogen (secondary N) is 1. The van der Waals surface area contributed by atoms with Crippen molar-refractivity contribution in [2.75, 3.05) is 4.72 Å². The van der Waals surface area contributed by atoms with Crippen LogP contribution in [0.4, 0.5) is 5.00 Å². The van der Waals surface area contributed by atoms with Gasteiger partial charge in [-0.25, -0.2) is 8.42 Å². The molecule has 0 saturated carbocycles. The monoisotopic (exact) mass is 372 g/mol. The number of nitrogens with two attached hydrogens (primary N) is 1. The van der Waals surface area contributed by atoms with Crippen molar-refractivity contribution < 1.29 is 13.2 Å². The molecule has 128 valence electrons. The molecular weight excluding hydrogens is 356 g/mol. The number of primary amides is 1. The maximum absolute atomic E-state index is 12.8. The number of rotatable bonds is 4. The van der Waals surface area contributed by atoms with Crippen molar-refractivity contribution in [1.82, 2.24) is 0 Å². The number of amides is 1. The quantitative estimate of drug-likeness (QED) is 0.736. The van der Waals surface area contributed by atoms with Crippen LogP contribution in [-0.4, -0.2) is 14.3 Å². The Labute approximate surface area is 149 Å². The molecule has 0 fully saturated rings. The van der Waals surface area contributed by atoms with E-state index in [0.717, 1.165) is 40.5 Å². The zero-order valence-electron chi connectivity index (χ0n) is 13.3. The van der Waals surface area contributed by atoms with Gasteiger partial charge < -0.3 is 5.73 Å². The molecule has 3 aromatic rings. The minimum atomic E-state index is -3.80. The summed E-state index contributed by atoms with van der Waals surface area (Å²) in [4.78, 5) is 13.0. The largest absolute Gasteiger partial charge is 0.365 e. The van der Waals surface area contributed by atoms with E-state index in [0.29, 0.717) is 10.6 Å². The van der Waals surface area contributed by atoms with E-state index in [4.69, 9.17) is 5.73 Å². The van der Waals surface area contributed by atoms with Crippen LogP contribution in [0.2, 0.25) is 0 Å². The van der Waals surface area contributed by atoms with Gasteiger partial charge in [0.05, 0.1) is 10.5 Å². The zero-order chi connectivity index (χ0) is 17.6. The molecule has 0 saturated heterocycles. The number of carbonyl (C=O) groups is 1. The minimum Gasteiger partial charge on any atom is -0.365 e. The Balaban J connectivity index is 1.75. The van der Waals surface area contributed by atoms with E-state index in [9.17, 15) is 13.2 Å². The van der Waals surface area contributed by atoms with Crippen LogP contribution in [0.5, 0.6) is 0 Å². The lowest BCUT2D eigenvalue weighted by molar-refractivity contribution is 0.100. The molecule has 25 heavy (non-hydrogen) atoms. The molecule has 0 bridgehead atoms. The molecule has 7 heteroatoms. The van der Waals surface area contributed by atoms with Crippen LogP contribution in [0.3, 0.4) is 0 Å². The summed E-state index contributed by atoms with van der Waals surface area (Å²) in [5, 5.41) is 2.13. The minimum absolute atomic E-state index is 0.162. The molecule has 3 N–H and O–H groups in total. The molecule has 1 heterocycles. The number of anilines is 1. The second kappa shape index (κ2) is 5.86. The summed E-state index contributed by atoms with van der Waals surface area (Å²) < 4.78 is 28.1. The third-order valence-electron chi connectivity index (χ3n) is 4.43. The van der Waals surface area contributed by atoms with Crippen molar-refractivity contribution in [1.29, 1.82) is 0 Å². The lowest BCUT2D eigenvalue weighted by atomic mass is 10.1. The molecule has 1 aromatic heterocycles. The Bertz CT molecular complexity index is 1100. The maximum atomic E-state index is 12.8. The van der Waals surface area contributed by atoms with Gasteiger partial charge in [-0.3, -0.25) is 9.52 Å². The van der Waals surface area contributed by atoms with E-state index in [2.05, 4.69) is 4.72 Å². The van der Waals surface area contributed by atoms with Crippen molar-refractivity contribution in [2.24, 2.45) is 5.73 Å². The molecule has 4 rings (SSSR count). The number of thiophene rings is 1. The first-order valence-electron chi connectivity index (χ1n) is 7.92. The molecule has 1 aliphatic rings. The van der Waals surface area contributed by atoms with Crippen molar-refractivity contribution in [3.63, 3.8) is 0 Å². The van der Waals surface area contributed by atoms with E-state index in [1.165, 1.54) is 11.3 Å². The molecule has 2 aromatic carbocycles. The second-order valence-electron chi connectivity index (χ2n) is 6.04. The molecule has 0 spiro atoms. The topological polar surface area (TPSA) is 89.3 Å². The first-order valence-corrected chi connectivity index (χ1v) is 10.2. The number of benzene rings is 2. The van der Waals surface area contributed by atoms with Gasteiger partial charge in [0.1, 0.15) is 5.00 Å². The fraction of sp³-hybridized carbons (Fsp3) is 0.167. The number of sulfonamides is 1. The van der Waals surface area contributed by atoms with E-state index < -0.39 is 15.9 Å². The van der Waals surface area contributed by atoms with E-state index in [-0.39, 0.29) is 4.90 Å². The number of carbonyl (C=O) groups excluding carboxylic acids is 1. The summed E-state index contributed by atoms with van der Waals surface area (Å²) in [6.07, 6.45) is 2.60. The van der Waals surface area contributed by atoms with E-state index in [1.807, 2.05) is 24.3 Å². The van der Waals surface area contributed by atoms with Gasteiger partial charge in [-0.05, 0) is 47.7 Å². The van der Waals surface area contributed by atoms with Gasteiger partial charge in [-0.2, -0.15) is 0 Å². The number of hydrogen-bond donors (Lipinski definition) is 2. The molecule has 0 atom stereocenters. The smallest absolute Gasteiger partial charge is 0.262 e. The van der Waals surface area contributed by atoms with Gasteiger partial charge in [0.15, 0.2) is 0 Å². The Kier molecular flexibility index (Phi) is 3.77. The second-order valence-corrected chi connectivity index (χ2v) is 8.83. The average molecular weight is 372 g/mol. The van der Waals surface area contributed by atoms with Crippen molar-refractivity contribution >= 4 is 43.0 Å². The molecular formula is C18H16N2O3S2. The van der Waals surface area contributed by atoms with Gasteiger partial charge >= 0.3 is 0 Å². The molecule has 0 radical (unpaired) electrons.